The van der Waals surface area contributed by atoms with Crippen LogP contribution >= 0.6 is 12.4 Å². The molecule has 1 N–H and O–H groups in total. The molecule has 10 heavy (non-hydrogen) atoms. The van der Waals surface area contributed by atoms with E-state index < -0.39 is 6.17 Å². The summed E-state index contributed by atoms with van der Waals surface area (Å²) in [7, 11) is 0. The molecule has 0 aromatic rings. The average Bonchev–Trinajstić information content (AvgIpc) is 2.09. The first kappa shape index (κ1) is 8.24. The van der Waals surface area contributed by atoms with Crippen LogP contribution in [-0.2, 0) is 4.74 Å². The molecule has 0 saturated carbocycles. The Hall–Kier alpha value is 0.140. The van der Waals surface area contributed by atoms with Gasteiger partial charge in [0.15, 0.2) is 0 Å². The molecule has 4 heteroatoms. The summed E-state index contributed by atoms with van der Waals surface area (Å²) in [4.78, 5) is 0. The molecule has 2 aliphatic rings. The zero-order valence-electron chi connectivity index (χ0n) is 5.60. The molecule has 0 bridgehead atoms. The summed E-state index contributed by atoms with van der Waals surface area (Å²) >= 11 is 0. The highest BCUT2D eigenvalue weighted by Gasteiger charge is 2.44. The summed E-state index contributed by atoms with van der Waals surface area (Å²) in [6, 6.07) is 0. The molecule has 0 aliphatic carbocycles. The van der Waals surface area contributed by atoms with E-state index in [4.69, 9.17) is 4.74 Å². The molecule has 2 fully saturated rings. The van der Waals surface area contributed by atoms with E-state index in [0.29, 0.717) is 26.2 Å². The predicted molar refractivity (Wildman–Crippen MR) is 38.3 cm³/mol. The number of nitrogens with one attached hydrogen (secondary N) is 1. The van der Waals surface area contributed by atoms with Gasteiger partial charge in [0.2, 0.25) is 0 Å². The molecule has 2 saturated heterocycles. The van der Waals surface area contributed by atoms with Gasteiger partial charge in [0.1, 0.15) is 6.17 Å². The van der Waals surface area contributed by atoms with Crippen LogP contribution in [0.4, 0.5) is 4.39 Å². The predicted octanol–water partition coefficient (Wildman–Crippen LogP) is 0.509. The van der Waals surface area contributed by atoms with Crippen LogP contribution in [0.2, 0.25) is 0 Å². The highest BCUT2D eigenvalue weighted by Crippen LogP contribution is 2.28. The van der Waals surface area contributed by atoms with Gasteiger partial charge in [-0.1, -0.05) is 0 Å². The second-order valence-electron chi connectivity index (χ2n) is 2.96. The van der Waals surface area contributed by atoms with Gasteiger partial charge >= 0.3 is 0 Å². The molecular formula is C6H11ClFNO. The topological polar surface area (TPSA) is 21.3 Å². The van der Waals surface area contributed by atoms with Crippen molar-refractivity contribution in [3.05, 3.63) is 0 Å². The Labute approximate surface area is 65.5 Å². The Morgan fingerprint density at radius 3 is 2.40 bits per heavy atom. The summed E-state index contributed by atoms with van der Waals surface area (Å²) < 4.78 is 17.5. The Kier molecular flexibility index (Phi) is 2.18. The van der Waals surface area contributed by atoms with E-state index in [0.717, 1.165) is 0 Å². The van der Waals surface area contributed by atoms with Crippen LogP contribution in [0.3, 0.4) is 0 Å². The van der Waals surface area contributed by atoms with E-state index in [1.165, 1.54) is 0 Å². The largest absolute Gasteiger partial charge is 0.377 e. The maximum absolute atomic E-state index is 12.5. The molecule has 1 spiro atoms. The lowest BCUT2D eigenvalue weighted by Gasteiger charge is -2.37. The van der Waals surface area contributed by atoms with E-state index in [-0.39, 0.29) is 17.9 Å². The highest BCUT2D eigenvalue weighted by molar-refractivity contribution is 5.85. The first-order chi connectivity index (χ1) is 4.31. The van der Waals surface area contributed by atoms with Gasteiger partial charge in [-0.2, -0.15) is 0 Å². The van der Waals surface area contributed by atoms with Gasteiger partial charge in [0, 0.05) is 13.0 Å². The van der Waals surface area contributed by atoms with Crippen molar-refractivity contribution in [3.8, 4) is 0 Å². The number of ether oxygens (including phenoxy) is 1. The van der Waals surface area contributed by atoms with Crippen LogP contribution in [0.5, 0.6) is 0 Å². The van der Waals surface area contributed by atoms with E-state index >= 15 is 0 Å². The zero-order valence-corrected chi connectivity index (χ0v) is 6.42. The number of hydrogen-bond acceptors (Lipinski definition) is 2. The van der Waals surface area contributed by atoms with Crippen molar-refractivity contribution in [1.29, 1.82) is 0 Å². The lowest BCUT2D eigenvalue weighted by atomic mass is 9.95. The first-order valence-electron chi connectivity index (χ1n) is 3.28. The van der Waals surface area contributed by atoms with Gasteiger partial charge < -0.3 is 10.1 Å². The van der Waals surface area contributed by atoms with Crippen molar-refractivity contribution in [2.75, 3.05) is 19.8 Å². The van der Waals surface area contributed by atoms with Crippen LogP contribution in [0, 0.1) is 0 Å². The smallest absolute Gasteiger partial charge is 0.114 e. The molecule has 0 radical (unpaired) electrons. The lowest BCUT2D eigenvalue weighted by Crippen LogP contribution is -2.56. The lowest BCUT2D eigenvalue weighted by molar-refractivity contribution is -0.0664. The number of hydrogen-bond donors (Lipinski definition) is 1. The summed E-state index contributed by atoms with van der Waals surface area (Å²) in [5, 5.41) is 3.12. The molecule has 0 amide bonds. The van der Waals surface area contributed by atoms with E-state index in [1.807, 2.05) is 0 Å². The molecule has 1 atom stereocenters. The summed E-state index contributed by atoms with van der Waals surface area (Å²) in [6.07, 6.45) is 0.00130. The average molecular weight is 168 g/mol. The van der Waals surface area contributed by atoms with Gasteiger partial charge in [0.25, 0.3) is 0 Å². The fourth-order valence-corrected chi connectivity index (χ4v) is 1.46. The second-order valence-corrected chi connectivity index (χ2v) is 2.96. The number of rotatable bonds is 0. The Bertz CT molecular complexity index is 129. The Morgan fingerprint density at radius 2 is 2.20 bits per heavy atom. The quantitative estimate of drug-likeness (QED) is 0.568. The van der Waals surface area contributed by atoms with Crippen molar-refractivity contribution in [2.24, 2.45) is 0 Å². The third-order valence-corrected chi connectivity index (χ3v) is 2.07. The third kappa shape index (κ3) is 1.13. The molecule has 60 valence electrons. The fraction of sp³-hybridized carbons (Fsp3) is 1.00. The van der Waals surface area contributed by atoms with Gasteiger partial charge in [-0.15, -0.1) is 12.4 Å². The second kappa shape index (κ2) is 2.64. The first-order valence-corrected chi connectivity index (χ1v) is 3.28. The summed E-state index contributed by atoms with van der Waals surface area (Å²) in [6.45, 7) is 1.92. The van der Waals surface area contributed by atoms with E-state index in [9.17, 15) is 4.39 Å². The normalized spacial score (nSPS) is 35.1. The van der Waals surface area contributed by atoms with Crippen LogP contribution in [0.1, 0.15) is 6.42 Å². The van der Waals surface area contributed by atoms with Crippen LogP contribution in [0.15, 0.2) is 0 Å². The number of alkyl halides is 1. The standard InChI is InChI=1S/C6H10FNO.ClH/c7-5-1-6(8-2-5)3-9-4-6;/h5,8H,1-4H2;1H. The molecule has 0 aromatic heterocycles. The van der Waals surface area contributed by atoms with Gasteiger partial charge in [-0.3, -0.25) is 0 Å². The van der Waals surface area contributed by atoms with Gasteiger partial charge in [-0.25, -0.2) is 4.39 Å². The van der Waals surface area contributed by atoms with Crippen molar-refractivity contribution in [3.63, 3.8) is 0 Å². The van der Waals surface area contributed by atoms with Crippen molar-refractivity contribution < 1.29 is 9.13 Å². The monoisotopic (exact) mass is 167 g/mol. The summed E-state index contributed by atoms with van der Waals surface area (Å²) in [5.41, 5.74) is 0.0411. The minimum Gasteiger partial charge on any atom is -0.377 e. The summed E-state index contributed by atoms with van der Waals surface area (Å²) in [5.74, 6) is 0. The number of halogens is 2. The minimum atomic E-state index is -0.645. The fourth-order valence-electron chi connectivity index (χ4n) is 1.46. The third-order valence-electron chi connectivity index (χ3n) is 2.07. The van der Waals surface area contributed by atoms with Crippen LogP contribution in [0.25, 0.3) is 0 Å². The van der Waals surface area contributed by atoms with Crippen molar-refractivity contribution in [2.45, 2.75) is 18.1 Å². The van der Waals surface area contributed by atoms with Crippen LogP contribution in [-0.4, -0.2) is 31.5 Å². The zero-order chi connectivity index (χ0) is 6.32. The van der Waals surface area contributed by atoms with Crippen molar-refractivity contribution >= 4 is 12.4 Å². The van der Waals surface area contributed by atoms with Gasteiger partial charge in [0.05, 0.1) is 18.8 Å². The van der Waals surface area contributed by atoms with Crippen LogP contribution < -0.4 is 5.32 Å². The van der Waals surface area contributed by atoms with Crippen molar-refractivity contribution in [1.82, 2.24) is 5.32 Å². The molecule has 2 nitrogen and oxygen atoms in total. The molecule has 2 aliphatic heterocycles. The molecule has 0 aromatic carbocycles. The molecule has 2 rings (SSSR count). The highest BCUT2D eigenvalue weighted by atomic mass is 35.5. The maximum Gasteiger partial charge on any atom is 0.114 e. The molecular weight excluding hydrogens is 157 g/mol. The Balaban J connectivity index is 0.000000500. The minimum absolute atomic E-state index is 0. The molecule has 2 heterocycles. The van der Waals surface area contributed by atoms with E-state index in [2.05, 4.69) is 5.32 Å². The van der Waals surface area contributed by atoms with E-state index in [1.54, 1.807) is 0 Å². The Morgan fingerprint density at radius 1 is 1.50 bits per heavy atom. The van der Waals surface area contributed by atoms with Gasteiger partial charge in [-0.05, 0) is 0 Å². The SMILES string of the molecule is Cl.FC1CNC2(COC2)C1. The molecule has 1 unspecified atom stereocenters. The maximum atomic E-state index is 12.5.